The van der Waals surface area contributed by atoms with Crippen LogP contribution in [0.5, 0.6) is 5.75 Å². The first-order valence-electron chi connectivity index (χ1n) is 7.99. The van der Waals surface area contributed by atoms with E-state index in [1.54, 1.807) is 18.4 Å². The van der Waals surface area contributed by atoms with Crippen molar-refractivity contribution in [3.8, 4) is 5.75 Å². The molecule has 1 saturated heterocycles. The molecule has 0 aliphatic carbocycles. The van der Waals surface area contributed by atoms with Crippen LogP contribution >= 0.6 is 11.3 Å². The molecule has 3 rings (SSSR count). The van der Waals surface area contributed by atoms with Gasteiger partial charge in [-0.1, -0.05) is 18.2 Å². The molecule has 122 valence electrons. The van der Waals surface area contributed by atoms with E-state index in [0.717, 1.165) is 42.3 Å². The largest absolute Gasteiger partial charge is 0.496 e. The molecule has 0 N–H and O–H groups in total. The van der Waals surface area contributed by atoms with Crippen LogP contribution < -0.4 is 4.74 Å². The van der Waals surface area contributed by atoms with Gasteiger partial charge in [-0.15, -0.1) is 11.3 Å². The van der Waals surface area contributed by atoms with Gasteiger partial charge in [0.2, 0.25) is 5.91 Å². The van der Waals surface area contributed by atoms with Crippen LogP contribution in [0, 0.1) is 6.92 Å². The highest BCUT2D eigenvalue weighted by Gasteiger charge is 2.26. The molecule has 5 heteroatoms. The van der Waals surface area contributed by atoms with E-state index < -0.39 is 0 Å². The van der Waals surface area contributed by atoms with Crippen molar-refractivity contribution in [2.45, 2.75) is 32.1 Å². The predicted octanol–water partition coefficient (Wildman–Crippen LogP) is 3.41. The molecule has 1 aliphatic rings. The lowest BCUT2D eigenvalue weighted by molar-refractivity contribution is -0.131. The van der Waals surface area contributed by atoms with E-state index in [2.05, 4.69) is 11.9 Å². The van der Waals surface area contributed by atoms with Gasteiger partial charge in [-0.25, -0.2) is 4.98 Å². The molecule has 0 unspecified atom stereocenters. The number of aryl methyl sites for hydroxylation is 1. The molecule has 2 aromatic rings. The lowest BCUT2D eigenvalue weighted by Crippen LogP contribution is -2.40. The summed E-state index contributed by atoms with van der Waals surface area (Å²) in [6.45, 7) is 3.70. The molecule has 0 radical (unpaired) electrons. The fraction of sp³-hybridized carbons (Fsp3) is 0.444. The van der Waals surface area contributed by atoms with Crippen molar-refractivity contribution in [3.63, 3.8) is 0 Å². The molecule has 1 fully saturated rings. The Bertz CT molecular complexity index is 683. The molecule has 4 nitrogen and oxygen atoms in total. The number of aromatic nitrogens is 1. The summed E-state index contributed by atoms with van der Waals surface area (Å²) < 4.78 is 5.35. The van der Waals surface area contributed by atoms with Crippen molar-refractivity contribution in [2.75, 3.05) is 20.2 Å². The topological polar surface area (TPSA) is 42.4 Å². The van der Waals surface area contributed by atoms with Crippen molar-refractivity contribution >= 4 is 17.2 Å². The maximum Gasteiger partial charge on any atom is 0.227 e. The normalized spacial score (nSPS) is 18.0. The Morgan fingerprint density at radius 1 is 1.43 bits per heavy atom. The van der Waals surface area contributed by atoms with Gasteiger partial charge < -0.3 is 9.64 Å². The Kier molecular flexibility index (Phi) is 4.96. The second-order valence-corrected chi connectivity index (χ2v) is 7.24. The SMILES string of the molecule is COc1ccccc1CC(=O)N1CCC[C@@H](c2ncc(C)s2)C1. The Morgan fingerprint density at radius 2 is 2.26 bits per heavy atom. The number of nitrogens with zero attached hydrogens (tertiary/aromatic N) is 2. The van der Waals surface area contributed by atoms with Crippen molar-refractivity contribution < 1.29 is 9.53 Å². The fourth-order valence-corrected chi connectivity index (χ4v) is 3.99. The monoisotopic (exact) mass is 330 g/mol. The highest BCUT2D eigenvalue weighted by Crippen LogP contribution is 2.30. The van der Waals surface area contributed by atoms with Gasteiger partial charge in [0.1, 0.15) is 5.75 Å². The number of ether oxygens (including phenoxy) is 1. The van der Waals surface area contributed by atoms with E-state index in [9.17, 15) is 4.79 Å². The summed E-state index contributed by atoms with van der Waals surface area (Å²) in [6, 6.07) is 7.74. The average molecular weight is 330 g/mol. The second-order valence-electron chi connectivity index (χ2n) is 5.98. The average Bonchev–Trinajstić information content (AvgIpc) is 3.02. The quantitative estimate of drug-likeness (QED) is 0.863. The van der Waals surface area contributed by atoms with Gasteiger partial charge in [-0.05, 0) is 25.8 Å². The predicted molar refractivity (Wildman–Crippen MR) is 92.1 cm³/mol. The molecule has 1 aliphatic heterocycles. The summed E-state index contributed by atoms with van der Waals surface area (Å²) in [6.07, 6.45) is 4.48. The van der Waals surface area contributed by atoms with Crippen LogP contribution in [0.25, 0.3) is 0 Å². The molecular formula is C18H22N2O2S. The first-order valence-corrected chi connectivity index (χ1v) is 8.81. The third-order valence-corrected chi connectivity index (χ3v) is 5.37. The van der Waals surface area contributed by atoms with Gasteiger partial charge in [0.15, 0.2) is 0 Å². The van der Waals surface area contributed by atoms with Crippen molar-refractivity contribution in [2.24, 2.45) is 0 Å². The summed E-state index contributed by atoms with van der Waals surface area (Å²) in [4.78, 5) is 20.4. The van der Waals surface area contributed by atoms with Crippen molar-refractivity contribution in [3.05, 3.63) is 45.9 Å². The van der Waals surface area contributed by atoms with Gasteiger partial charge in [0, 0.05) is 35.6 Å². The number of hydrogen-bond acceptors (Lipinski definition) is 4. The zero-order valence-corrected chi connectivity index (χ0v) is 14.4. The third-order valence-electron chi connectivity index (χ3n) is 4.30. The summed E-state index contributed by atoms with van der Waals surface area (Å²) in [5.41, 5.74) is 0.951. The molecule has 1 aromatic carbocycles. The zero-order chi connectivity index (χ0) is 16.2. The first kappa shape index (κ1) is 16.0. The van der Waals surface area contributed by atoms with Crippen molar-refractivity contribution in [1.82, 2.24) is 9.88 Å². The van der Waals surface area contributed by atoms with E-state index in [1.165, 1.54) is 4.88 Å². The summed E-state index contributed by atoms with van der Waals surface area (Å²) in [5.74, 6) is 1.33. The number of carbonyl (C=O) groups is 1. The van der Waals surface area contributed by atoms with Crippen LogP contribution in [0.2, 0.25) is 0 Å². The molecule has 23 heavy (non-hydrogen) atoms. The standard InChI is InChI=1S/C18H22N2O2S/c1-13-11-19-18(23-13)15-7-5-9-20(12-15)17(21)10-14-6-3-4-8-16(14)22-2/h3-4,6,8,11,15H,5,7,9-10,12H2,1-2H3/t15-/m1/s1. The number of carbonyl (C=O) groups excluding carboxylic acids is 1. The number of likely N-dealkylation sites (tertiary alicyclic amines) is 1. The van der Waals surface area contributed by atoms with Gasteiger partial charge in [0.05, 0.1) is 18.5 Å². The van der Waals surface area contributed by atoms with Crippen LogP contribution in [-0.4, -0.2) is 36.0 Å². The van der Waals surface area contributed by atoms with Crippen LogP contribution in [-0.2, 0) is 11.2 Å². The maximum absolute atomic E-state index is 12.7. The lowest BCUT2D eigenvalue weighted by atomic mass is 9.98. The van der Waals surface area contributed by atoms with Gasteiger partial charge in [0.25, 0.3) is 0 Å². The number of rotatable bonds is 4. The number of methoxy groups -OCH3 is 1. The Morgan fingerprint density at radius 3 is 3.00 bits per heavy atom. The minimum Gasteiger partial charge on any atom is -0.496 e. The Balaban J connectivity index is 1.67. The number of piperidine rings is 1. The smallest absolute Gasteiger partial charge is 0.227 e. The van der Waals surface area contributed by atoms with E-state index >= 15 is 0 Å². The van der Waals surface area contributed by atoms with Gasteiger partial charge >= 0.3 is 0 Å². The zero-order valence-electron chi connectivity index (χ0n) is 13.6. The molecule has 1 amide bonds. The molecule has 1 aromatic heterocycles. The molecule has 1 atom stereocenters. The highest BCUT2D eigenvalue weighted by molar-refractivity contribution is 7.11. The van der Waals surface area contributed by atoms with Gasteiger partial charge in [-0.2, -0.15) is 0 Å². The van der Waals surface area contributed by atoms with Crippen molar-refractivity contribution in [1.29, 1.82) is 0 Å². The first-order chi connectivity index (χ1) is 11.2. The fourth-order valence-electron chi connectivity index (χ4n) is 3.09. The minimum atomic E-state index is 0.174. The molecule has 0 bridgehead atoms. The summed E-state index contributed by atoms with van der Waals surface area (Å²) in [5, 5.41) is 1.16. The lowest BCUT2D eigenvalue weighted by Gasteiger charge is -2.32. The third kappa shape index (κ3) is 3.72. The van der Waals surface area contributed by atoms with E-state index in [1.807, 2.05) is 35.4 Å². The summed E-state index contributed by atoms with van der Waals surface area (Å²) >= 11 is 1.75. The molecular weight excluding hydrogens is 308 g/mol. The Hall–Kier alpha value is -1.88. The molecule has 0 spiro atoms. The number of amides is 1. The second kappa shape index (κ2) is 7.13. The number of hydrogen-bond donors (Lipinski definition) is 0. The highest BCUT2D eigenvalue weighted by atomic mass is 32.1. The van der Waals surface area contributed by atoms with Crippen LogP contribution in [0.3, 0.4) is 0 Å². The van der Waals surface area contributed by atoms with E-state index in [-0.39, 0.29) is 5.91 Å². The van der Waals surface area contributed by atoms with E-state index in [4.69, 9.17) is 4.74 Å². The number of benzene rings is 1. The summed E-state index contributed by atoms with van der Waals surface area (Å²) in [7, 11) is 1.64. The van der Waals surface area contributed by atoms with Crippen LogP contribution in [0.1, 0.15) is 34.2 Å². The van der Waals surface area contributed by atoms with Crippen LogP contribution in [0.15, 0.2) is 30.5 Å². The van der Waals surface area contributed by atoms with E-state index in [0.29, 0.717) is 12.3 Å². The maximum atomic E-state index is 12.7. The minimum absolute atomic E-state index is 0.174. The molecule has 0 saturated carbocycles. The molecule has 2 heterocycles. The number of para-hydroxylation sites is 1. The van der Waals surface area contributed by atoms with Gasteiger partial charge in [-0.3, -0.25) is 4.79 Å². The van der Waals surface area contributed by atoms with Crippen LogP contribution in [0.4, 0.5) is 0 Å². The Labute approximate surface area is 141 Å². The number of thiazole rings is 1.